The predicted molar refractivity (Wildman–Crippen MR) is 160 cm³/mol. The molecule has 1 aliphatic heterocycles. The van der Waals surface area contributed by atoms with E-state index in [9.17, 15) is 15.3 Å². The van der Waals surface area contributed by atoms with Gasteiger partial charge in [0, 0.05) is 27.6 Å². The first-order valence-electron chi connectivity index (χ1n) is 13.5. The molecule has 0 fully saturated rings. The molecular formula is C32H35BrN2O5. The number of nitrogens with zero attached hydrogens (tertiary/aromatic N) is 1. The molecule has 8 heteroatoms. The van der Waals surface area contributed by atoms with E-state index in [1.54, 1.807) is 6.08 Å². The molecule has 4 aromatic rings. The Hall–Kier alpha value is -3.14. The Balaban J connectivity index is 1.46. The lowest BCUT2D eigenvalue weighted by Gasteiger charge is -2.38. The van der Waals surface area contributed by atoms with Crippen molar-refractivity contribution in [2.75, 3.05) is 26.4 Å². The van der Waals surface area contributed by atoms with Crippen LogP contribution in [0.4, 0.5) is 0 Å². The first kappa shape index (κ1) is 28.4. The summed E-state index contributed by atoms with van der Waals surface area (Å²) in [6.07, 6.45) is 1.93. The molecule has 1 aliphatic rings. The fraction of sp³-hybridized carbons (Fsp3) is 0.312. The van der Waals surface area contributed by atoms with Gasteiger partial charge in [-0.15, -0.1) is 0 Å². The van der Waals surface area contributed by atoms with Crippen LogP contribution in [0.2, 0.25) is 0 Å². The number of nitrogens with one attached hydrogen (secondary N) is 1. The molecule has 0 bridgehead atoms. The van der Waals surface area contributed by atoms with Crippen molar-refractivity contribution >= 4 is 32.9 Å². The molecule has 0 saturated heterocycles. The van der Waals surface area contributed by atoms with Gasteiger partial charge in [-0.2, -0.15) is 0 Å². The van der Waals surface area contributed by atoms with Gasteiger partial charge in [0.15, 0.2) is 0 Å². The molecule has 0 spiro atoms. The van der Waals surface area contributed by atoms with Crippen LogP contribution in [0.25, 0.3) is 17.0 Å². The number of fused-ring (bicyclic) bond motifs is 3. The number of hydrogen-bond donors (Lipinski definition) is 4. The minimum absolute atomic E-state index is 0.150. The second-order valence-corrected chi connectivity index (χ2v) is 11.3. The second-order valence-electron chi connectivity index (χ2n) is 10.3. The molecule has 4 N–H and O–H groups in total. The number of halogens is 1. The van der Waals surface area contributed by atoms with E-state index >= 15 is 0 Å². The normalized spacial score (nSPS) is 16.5. The van der Waals surface area contributed by atoms with E-state index in [0.29, 0.717) is 24.5 Å². The molecule has 40 heavy (non-hydrogen) atoms. The summed E-state index contributed by atoms with van der Waals surface area (Å²) in [6.45, 7) is 6.22. The Morgan fingerprint density at radius 1 is 1.07 bits per heavy atom. The average molecular weight is 608 g/mol. The molecule has 7 nitrogen and oxygen atoms in total. The van der Waals surface area contributed by atoms with Crippen LogP contribution in [0.3, 0.4) is 0 Å². The van der Waals surface area contributed by atoms with Crippen molar-refractivity contribution in [2.24, 2.45) is 5.41 Å². The Labute approximate surface area is 242 Å². The molecule has 0 aliphatic carbocycles. The summed E-state index contributed by atoms with van der Waals surface area (Å²) < 4.78 is 13.0. The SMILES string of the molecule is C=Cc1ccc(OC(O)N2CCc3c([nH]c4ccc(Br)cc34)C2c2ccc(OCC(CC)(CO)CO)cc2)cc1. The summed E-state index contributed by atoms with van der Waals surface area (Å²) in [5.41, 5.74) is 4.54. The van der Waals surface area contributed by atoms with Crippen molar-refractivity contribution in [2.45, 2.75) is 32.2 Å². The van der Waals surface area contributed by atoms with Gasteiger partial charge < -0.3 is 29.8 Å². The van der Waals surface area contributed by atoms with Crippen LogP contribution in [-0.2, 0) is 6.42 Å². The molecule has 1 aromatic heterocycles. The third-order valence-corrected chi connectivity index (χ3v) is 8.42. The van der Waals surface area contributed by atoms with Gasteiger partial charge in [0.2, 0.25) is 0 Å². The third-order valence-electron chi connectivity index (χ3n) is 7.93. The van der Waals surface area contributed by atoms with E-state index in [0.717, 1.165) is 38.6 Å². The molecule has 2 unspecified atom stereocenters. The van der Waals surface area contributed by atoms with E-state index in [1.807, 2.05) is 66.4 Å². The topological polar surface area (TPSA) is 98.2 Å². The van der Waals surface area contributed by atoms with E-state index < -0.39 is 11.8 Å². The maximum absolute atomic E-state index is 11.3. The van der Waals surface area contributed by atoms with E-state index in [-0.39, 0.29) is 25.9 Å². The van der Waals surface area contributed by atoms with Crippen LogP contribution in [-0.4, -0.2) is 58.0 Å². The highest BCUT2D eigenvalue weighted by atomic mass is 79.9. The Morgan fingerprint density at radius 2 is 1.77 bits per heavy atom. The second kappa shape index (κ2) is 12.2. The van der Waals surface area contributed by atoms with Crippen molar-refractivity contribution in [3.05, 3.63) is 100 Å². The van der Waals surface area contributed by atoms with Crippen LogP contribution in [0.5, 0.6) is 11.5 Å². The maximum Gasteiger partial charge on any atom is 0.260 e. The molecule has 0 amide bonds. The lowest BCUT2D eigenvalue weighted by Crippen LogP contribution is -2.46. The fourth-order valence-corrected chi connectivity index (χ4v) is 5.56. The number of rotatable bonds is 11. The molecule has 0 saturated carbocycles. The highest BCUT2D eigenvalue weighted by molar-refractivity contribution is 9.10. The largest absolute Gasteiger partial charge is 0.493 e. The van der Waals surface area contributed by atoms with Crippen LogP contribution in [0.15, 0.2) is 77.8 Å². The first-order chi connectivity index (χ1) is 19.4. The van der Waals surface area contributed by atoms with Crippen LogP contribution >= 0.6 is 15.9 Å². The lowest BCUT2D eigenvalue weighted by atomic mass is 9.88. The monoisotopic (exact) mass is 606 g/mol. The molecule has 210 valence electrons. The lowest BCUT2D eigenvalue weighted by molar-refractivity contribution is -0.150. The smallest absolute Gasteiger partial charge is 0.260 e. The van der Waals surface area contributed by atoms with Gasteiger partial charge in [-0.1, -0.05) is 59.8 Å². The van der Waals surface area contributed by atoms with Crippen molar-refractivity contribution in [3.8, 4) is 11.5 Å². The molecule has 2 atom stereocenters. The summed E-state index contributed by atoms with van der Waals surface area (Å²) in [5.74, 6) is 1.21. The van der Waals surface area contributed by atoms with Gasteiger partial charge in [0.25, 0.3) is 6.41 Å². The summed E-state index contributed by atoms with van der Waals surface area (Å²) >= 11 is 3.60. The van der Waals surface area contributed by atoms with Crippen molar-refractivity contribution in [1.29, 1.82) is 0 Å². The molecule has 2 heterocycles. The zero-order valence-corrected chi connectivity index (χ0v) is 24.1. The molecular weight excluding hydrogens is 572 g/mol. The number of benzene rings is 3. The maximum atomic E-state index is 11.3. The van der Waals surface area contributed by atoms with Crippen molar-refractivity contribution in [1.82, 2.24) is 9.88 Å². The Bertz CT molecular complexity index is 1440. The number of ether oxygens (including phenoxy) is 2. The summed E-state index contributed by atoms with van der Waals surface area (Å²) in [7, 11) is 0. The summed E-state index contributed by atoms with van der Waals surface area (Å²) in [4.78, 5) is 5.56. The van der Waals surface area contributed by atoms with E-state index in [2.05, 4.69) is 39.6 Å². The molecule has 0 radical (unpaired) electrons. The average Bonchev–Trinajstić information content (AvgIpc) is 3.36. The van der Waals surface area contributed by atoms with E-state index in [1.165, 1.54) is 5.56 Å². The Morgan fingerprint density at radius 3 is 2.42 bits per heavy atom. The van der Waals surface area contributed by atoms with Crippen molar-refractivity contribution < 1.29 is 24.8 Å². The number of hydrogen-bond acceptors (Lipinski definition) is 6. The first-order valence-corrected chi connectivity index (χ1v) is 14.3. The fourth-order valence-electron chi connectivity index (χ4n) is 5.20. The van der Waals surface area contributed by atoms with Crippen molar-refractivity contribution in [3.63, 3.8) is 0 Å². The zero-order chi connectivity index (χ0) is 28.3. The zero-order valence-electron chi connectivity index (χ0n) is 22.5. The standard InChI is InChI=1S/C32H35BrN2O5/c1-3-21-5-10-25(11-6-21)40-31(38)35-16-15-26-27-17-23(33)9-14-28(27)34-29(26)30(35)22-7-12-24(13-8-22)39-20-32(4-2,18-36)19-37/h3,5-14,17,30-31,34,36-38H,1,4,15-16,18-20H2,2H3. The van der Waals surface area contributed by atoms with Gasteiger partial charge in [-0.25, -0.2) is 4.90 Å². The predicted octanol–water partition coefficient (Wildman–Crippen LogP) is 5.64. The highest BCUT2D eigenvalue weighted by Crippen LogP contribution is 2.40. The number of aromatic amines is 1. The molecule has 5 rings (SSSR count). The Kier molecular flexibility index (Phi) is 8.63. The third kappa shape index (κ3) is 5.68. The number of aliphatic hydroxyl groups excluding tert-OH is 3. The number of H-pyrrole nitrogens is 1. The minimum Gasteiger partial charge on any atom is -0.493 e. The van der Waals surface area contributed by atoms with Gasteiger partial charge in [0.05, 0.1) is 31.3 Å². The number of aliphatic hydroxyl groups is 3. The summed E-state index contributed by atoms with van der Waals surface area (Å²) in [5, 5.41) is 32.0. The van der Waals surface area contributed by atoms with Gasteiger partial charge >= 0.3 is 0 Å². The van der Waals surface area contributed by atoms with Crippen LogP contribution in [0, 0.1) is 5.41 Å². The molecule has 3 aromatic carbocycles. The van der Waals surface area contributed by atoms with Gasteiger partial charge in [-0.05, 0) is 72.0 Å². The number of aromatic nitrogens is 1. The minimum atomic E-state index is -1.18. The van der Waals surface area contributed by atoms with Crippen LogP contribution < -0.4 is 9.47 Å². The van der Waals surface area contributed by atoms with Crippen LogP contribution in [0.1, 0.15) is 41.8 Å². The van der Waals surface area contributed by atoms with Gasteiger partial charge in [0.1, 0.15) is 11.5 Å². The highest BCUT2D eigenvalue weighted by Gasteiger charge is 2.36. The van der Waals surface area contributed by atoms with Gasteiger partial charge in [-0.3, -0.25) is 0 Å². The van der Waals surface area contributed by atoms with E-state index in [4.69, 9.17) is 9.47 Å². The quantitative estimate of drug-likeness (QED) is 0.165. The summed E-state index contributed by atoms with van der Waals surface area (Å²) in [6, 6.07) is 21.1.